The normalized spacial score (nSPS) is 23.6. The first-order valence-electron chi connectivity index (χ1n) is 7.33. The van der Waals surface area contributed by atoms with E-state index in [4.69, 9.17) is 5.73 Å². The molecular formula is C16H26N2. The van der Waals surface area contributed by atoms with Crippen LogP contribution in [0, 0.1) is 0 Å². The highest BCUT2D eigenvalue weighted by Gasteiger charge is 2.24. The van der Waals surface area contributed by atoms with Crippen molar-refractivity contribution in [3.8, 4) is 0 Å². The third-order valence-corrected chi connectivity index (χ3v) is 4.31. The Labute approximate surface area is 111 Å². The van der Waals surface area contributed by atoms with Gasteiger partial charge >= 0.3 is 0 Å². The molecule has 0 aliphatic carbocycles. The maximum atomic E-state index is 5.77. The first kappa shape index (κ1) is 13.4. The van der Waals surface area contributed by atoms with Crippen LogP contribution in [-0.2, 0) is 0 Å². The fourth-order valence-corrected chi connectivity index (χ4v) is 3.11. The lowest BCUT2D eigenvalue weighted by molar-refractivity contribution is 0.142. The van der Waals surface area contributed by atoms with Crippen molar-refractivity contribution in [2.75, 3.05) is 12.3 Å². The van der Waals surface area contributed by atoms with E-state index >= 15 is 0 Å². The minimum Gasteiger partial charge on any atom is -0.399 e. The predicted octanol–water partition coefficient (Wildman–Crippen LogP) is 3.98. The van der Waals surface area contributed by atoms with E-state index in [1.807, 2.05) is 12.1 Å². The van der Waals surface area contributed by atoms with Crippen LogP contribution in [0.3, 0.4) is 0 Å². The molecule has 0 spiro atoms. The second-order valence-corrected chi connectivity index (χ2v) is 5.49. The van der Waals surface area contributed by atoms with Gasteiger partial charge in [-0.2, -0.15) is 0 Å². The molecule has 2 N–H and O–H groups in total. The molecule has 1 heterocycles. The highest BCUT2D eigenvalue weighted by Crippen LogP contribution is 2.29. The lowest BCUT2D eigenvalue weighted by Gasteiger charge is -2.35. The number of likely N-dealkylation sites (tertiary alicyclic amines) is 1. The summed E-state index contributed by atoms with van der Waals surface area (Å²) in [6.45, 7) is 5.89. The molecule has 1 aromatic carbocycles. The highest BCUT2D eigenvalue weighted by atomic mass is 15.2. The Morgan fingerprint density at radius 1 is 1.22 bits per heavy atom. The standard InChI is InChI=1S/C16H26N2/c1-3-16-7-5-4-6-12-18(16)13(2)14-8-10-15(17)11-9-14/h8-11,13,16H,3-7,12,17H2,1-2H3. The van der Waals surface area contributed by atoms with Gasteiger partial charge in [0.25, 0.3) is 0 Å². The molecule has 0 bridgehead atoms. The molecular weight excluding hydrogens is 220 g/mol. The Balaban J connectivity index is 2.14. The zero-order valence-corrected chi connectivity index (χ0v) is 11.7. The second-order valence-electron chi connectivity index (χ2n) is 5.49. The topological polar surface area (TPSA) is 29.3 Å². The number of rotatable bonds is 3. The summed E-state index contributed by atoms with van der Waals surface area (Å²) in [7, 11) is 0. The molecule has 2 nitrogen and oxygen atoms in total. The third kappa shape index (κ3) is 3.05. The monoisotopic (exact) mass is 246 g/mol. The van der Waals surface area contributed by atoms with Crippen LogP contribution < -0.4 is 5.73 Å². The third-order valence-electron chi connectivity index (χ3n) is 4.31. The van der Waals surface area contributed by atoms with Crippen molar-refractivity contribution in [2.45, 2.75) is 58.0 Å². The average Bonchev–Trinajstić information content (AvgIpc) is 2.63. The number of nitrogen functional groups attached to an aromatic ring is 1. The summed E-state index contributed by atoms with van der Waals surface area (Å²) in [5.74, 6) is 0. The molecule has 100 valence electrons. The van der Waals surface area contributed by atoms with Crippen molar-refractivity contribution in [3.05, 3.63) is 29.8 Å². The van der Waals surface area contributed by atoms with Crippen LogP contribution in [0.1, 0.15) is 57.6 Å². The van der Waals surface area contributed by atoms with E-state index < -0.39 is 0 Å². The maximum absolute atomic E-state index is 5.77. The van der Waals surface area contributed by atoms with Gasteiger partial charge in [-0.3, -0.25) is 4.90 Å². The van der Waals surface area contributed by atoms with Gasteiger partial charge in [-0.1, -0.05) is 31.9 Å². The molecule has 2 atom stereocenters. The summed E-state index contributed by atoms with van der Waals surface area (Å²) < 4.78 is 0. The molecule has 2 unspecified atom stereocenters. The van der Waals surface area contributed by atoms with E-state index in [2.05, 4.69) is 30.9 Å². The molecule has 1 fully saturated rings. The Morgan fingerprint density at radius 2 is 1.94 bits per heavy atom. The fourth-order valence-electron chi connectivity index (χ4n) is 3.11. The average molecular weight is 246 g/mol. The summed E-state index contributed by atoms with van der Waals surface area (Å²) in [5.41, 5.74) is 8.02. The molecule has 0 aromatic heterocycles. The molecule has 2 heteroatoms. The quantitative estimate of drug-likeness (QED) is 0.817. The van der Waals surface area contributed by atoms with Crippen molar-refractivity contribution in [1.29, 1.82) is 0 Å². The fraction of sp³-hybridized carbons (Fsp3) is 0.625. The Hall–Kier alpha value is -1.02. The van der Waals surface area contributed by atoms with E-state index in [0.29, 0.717) is 6.04 Å². The molecule has 1 saturated heterocycles. The van der Waals surface area contributed by atoms with Crippen molar-refractivity contribution in [1.82, 2.24) is 4.90 Å². The molecule has 18 heavy (non-hydrogen) atoms. The molecule has 1 aromatic rings. The van der Waals surface area contributed by atoms with Gasteiger partial charge in [0.2, 0.25) is 0 Å². The van der Waals surface area contributed by atoms with E-state index in [9.17, 15) is 0 Å². The van der Waals surface area contributed by atoms with Gasteiger partial charge in [-0.25, -0.2) is 0 Å². The van der Waals surface area contributed by atoms with Crippen LogP contribution in [-0.4, -0.2) is 17.5 Å². The number of anilines is 1. The van der Waals surface area contributed by atoms with Crippen LogP contribution >= 0.6 is 0 Å². The van der Waals surface area contributed by atoms with Gasteiger partial charge in [-0.05, 0) is 50.4 Å². The Morgan fingerprint density at radius 3 is 2.61 bits per heavy atom. The Bertz CT molecular complexity index is 358. The smallest absolute Gasteiger partial charge is 0.0322 e. The van der Waals surface area contributed by atoms with E-state index in [0.717, 1.165) is 11.7 Å². The lowest BCUT2D eigenvalue weighted by atomic mass is 10.0. The summed E-state index contributed by atoms with van der Waals surface area (Å²) in [6, 6.07) is 9.65. The molecule has 1 aliphatic rings. The van der Waals surface area contributed by atoms with Crippen molar-refractivity contribution in [2.24, 2.45) is 0 Å². The van der Waals surface area contributed by atoms with Crippen LogP contribution in [0.15, 0.2) is 24.3 Å². The highest BCUT2D eigenvalue weighted by molar-refractivity contribution is 5.40. The van der Waals surface area contributed by atoms with Crippen LogP contribution in [0.2, 0.25) is 0 Å². The largest absolute Gasteiger partial charge is 0.399 e. The number of hydrogen-bond donors (Lipinski definition) is 1. The van der Waals surface area contributed by atoms with E-state index in [1.165, 1.54) is 44.2 Å². The molecule has 2 rings (SSSR count). The lowest BCUT2D eigenvalue weighted by Crippen LogP contribution is -2.36. The van der Waals surface area contributed by atoms with Crippen LogP contribution in [0.4, 0.5) is 5.69 Å². The predicted molar refractivity (Wildman–Crippen MR) is 78.5 cm³/mol. The summed E-state index contributed by atoms with van der Waals surface area (Å²) >= 11 is 0. The molecule has 0 amide bonds. The first-order chi connectivity index (χ1) is 8.72. The maximum Gasteiger partial charge on any atom is 0.0322 e. The molecule has 0 saturated carbocycles. The van der Waals surface area contributed by atoms with Gasteiger partial charge in [0.15, 0.2) is 0 Å². The summed E-state index contributed by atoms with van der Waals surface area (Å²) in [4.78, 5) is 2.69. The van der Waals surface area contributed by atoms with Gasteiger partial charge in [0.05, 0.1) is 0 Å². The van der Waals surface area contributed by atoms with E-state index in [1.54, 1.807) is 0 Å². The SMILES string of the molecule is CCC1CCCCCN1C(C)c1ccc(N)cc1. The molecule has 0 radical (unpaired) electrons. The summed E-state index contributed by atoms with van der Waals surface area (Å²) in [5, 5.41) is 0. The minimum atomic E-state index is 0.508. The molecule has 1 aliphatic heterocycles. The summed E-state index contributed by atoms with van der Waals surface area (Å²) in [6.07, 6.45) is 6.75. The van der Waals surface area contributed by atoms with Crippen molar-refractivity contribution < 1.29 is 0 Å². The number of benzene rings is 1. The van der Waals surface area contributed by atoms with Crippen LogP contribution in [0.25, 0.3) is 0 Å². The van der Waals surface area contributed by atoms with Gasteiger partial charge in [0, 0.05) is 17.8 Å². The van der Waals surface area contributed by atoms with Crippen molar-refractivity contribution in [3.63, 3.8) is 0 Å². The van der Waals surface area contributed by atoms with E-state index in [-0.39, 0.29) is 0 Å². The zero-order valence-electron chi connectivity index (χ0n) is 11.7. The van der Waals surface area contributed by atoms with Gasteiger partial charge in [-0.15, -0.1) is 0 Å². The number of nitrogens with two attached hydrogens (primary N) is 1. The van der Waals surface area contributed by atoms with Gasteiger partial charge in [0.1, 0.15) is 0 Å². The zero-order chi connectivity index (χ0) is 13.0. The number of hydrogen-bond acceptors (Lipinski definition) is 2. The number of nitrogens with zero attached hydrogens (tertiary/aromatic N) is 1. The minimum absolute atomic E-state index is 0.508. The van der Waals surface area contributed by atoms with Gasteiger partial charge < -0.3 is 5.73 Å². The second kappa shape index (κ2) is 6.24. The Kier molecular flexibility index (Phi) is 4.65. The van der Waals surface area contributed by atoms with Crippen LogP contribution in [0.5, 0.6) is 0 Å². The van der Waals surface area contributed by atoms with Crippen molar-refractivity contribution >= 4 is 5.69 Å². The first-order valence-corrected chi connectivity index (χ1v) is 7.33.